The fourth-order valence-corrected chi connectivity index (χ4v) is 4.25. The van der Waals surface area contributed by atoms with Crippen LogP contribution in [0.1, 0.15) is 42.5 Å². The summed E-state index contributed by atoms with van der Waals surface area (Å²) in [5.41, 5.74) is 1.20. The molecule has 3 aliphatic heterocycles. The Hall–Kier alpha value is -1.30. The Bertz CT molecular complexity index is 586. The standard InChI is InChI=1S/C20H28N2O3.ClH/c23-19(22-11-8-20(9-12-22)7-10-21-15-20)16-3-5-17(6-4-16)25-14-18-2-1-13-24-18;/h3-6,18,21H,1-2,7-15H2;1H. The van der Waals surface area contributed by atoms with Crippen LogP contribution in [-0.4, -0.2) is 56.3 Å². The van der Waals surface area contributed by atoms with E-state index in [0.717, 1.165) is 69.8 Å². The Kier molecular flexibility index (Phi) is 6.43. The maximum Gasteiger partial charge on any atom is 0.253 e. The number of piperidine rings is 1. The highest BCUT2D eigenvalue weighted by molar-refractivity contribution is 5.94. The average Bonchev–Trinajstić information content (AvgIpc) is 3.33. The fourth-order valence-electron chi connectivity index (χ4n) is 4.25. The zero-order chi connectivity index (χ0) is 17.1. The van der Waals surface area contributed by atoms with E-state index in [2.05, 4.69) is 5.32 Å². The van der Waals surface area contributed by atoms with E-state index in [9.17, 15) is 4.79 Å². The maximum absolute atomic E-state index is 12.7. The number of amides is 1. The summed E-state index contributed by atoms with van der Waals surface area (Å²) in [4.78, 5) is 14.7. The van der Waals surface area contributed by atoms with Gasteiger partial charge >= 0.3 is 0 Å². The second-order valence-electron chi connectivity index (χ2n) is 7.69. The molecule has 0 aromatic heterocycles. The van der Waals surface area contributed by atoms with Gasteiger partial charge in [0.1, 0.15) is 12.4 Å². The first-order chi connectivity index (χ1) is 12.2. The van der Waals surface area contributed by atoms with Gasteiger partial charge in [0.25, 0.3) is 5.91 Å². The van der Waals surface area contributed by atoms with E-state index in [-0.39, 0.29) is 24.4 Å². The van der Waals surface area contributed by atoms with E-state index < -0.39 is 0 Å². The average molecular weight is 381 g/mol. The molecule has 144 valence electrons. The van der Waals surface area contributed by atoms with Crippen LogP contribution in [0.5, 0.6) is 5.75 Å². The van der Waals surface area contributed by atoms with Crippen LogP contribution in [0.25, 0.3) is 0 Å². The Balaban J connectivity index is 0.00000196. The van der Waals surface area contributed by atoms with Crippen LogP contribution in [0.3, 0.4) is 0 Å². The quantitative estimate of drug-likeness (QED) is 0.872. The largest absolute Gasteiger partial charge is 0.491 e. The smallest absolute Gasteiger partial charge is 0.253 e. The van der Waals surface area contributed by atoms with Crippen LogP contribution < -0.4 is 10.1 Å². The van der Waals surface area contributed by atoms with Gasteiger partial charge in [-0.05, 0) is 68.3 Å². The van der Waals surface area contributed by atoms with Crippen LogP contribution in [0.15, 0.2) is 24.3 Å². The third-order valence-electron chi connectivity index (χ3n) is 6.00. The van der Waals surface area contributed by atoms with Crippen LogP contribution in [0.2, 0.25) is 0 Å². The molecule has 5 nitrogen and oxygen atoms in total. The molecule has 3 aliphatic rings. The van der Waals surface area contributed by atoms with Gasteiger partial charge in [0.15, 0.2) is 0 Å². The lowest BCUT2D eigenvalue weighted by atomic mass is 9.78. The first kappa shape index (κ1) is 19.5. The minimum atomic E-state index is 0. The monoisotopic (exact) mass is 380 g/mol. The predicted molar refractivity (Wildman–Crippen MR) is 103 cm³/mol. The van der Waals surface area contributed by atoms with Gasteiger partial charge < -0.3 is 19.7 Å². The van der Waals surface area contributed by atoms with Crippen molar-refractivity contribution in [3.63, 3.8) is 0 Å². The molecule has 1 atom stereocenters. The topological polar surface area (TPSA) is 50.8 Å². The molecule has 6 heteroatoms. The van der Waals surface area contributed by atoms with Crippen molar-refractivity contribution in [2.45, 2.75) is 38.2 Å². The lowest BCUT2D eigenvalue weighted by molar-refractivity contribution is 0.0606. The van der Waals surface area contributed by atoms with Crippen LogP contribution in [0, 0.1) is 5.41 Å². The van der Waals surface area contributed by atoms with Crippen molar-refractivity contribution in [3.05, 3.63) is 29.8 Å². The summed E-state index contributed by atoms with van der Waals surface area (Å²) in [5, 5.41) is 3.47. The van der Waals surface area contributed by atoms with Crippen LogP contribution in [-0.2, 0) is 4.74 Å². The third kappa shape index (κ3) is 4.33. The Morgan fingerprint density at radius 1 is 1.23 bits per heavy atom. The summed E-state index contributed by atoms with van der Waals surface area (Å²) < 4.78 is 11.3. The first-order valence-electron chi connectivity index (χ1n) is 9.59. The second kappa shape index (κ2) is 8.59. The van der Waals surface area contributed by atoms with Crippen molar-refractivity contribution in [1.82, 2.24) is 10.2 Å². The molecule has 26 heavy (non-hydrogen) atoms. The van der Waals surface area contributed by atoms with E-state index in [0.29, 0.717) is 12.0 Å². The van der Waals surface area contributed by atoms with Crippen molar-refractivity contribution >= 4 is 18.3 Å². The molecule has 1 unspecified atom stereocenters. The molecule has 0 saturated carbocycles. The minimum absolute atomic E-state index is 0. The van der Waals surface area contributed by atoms with Crippen molar-refractivity contribution in [2.24, 2.45) is 5.41 Å². The molecule has 1 amide bonds. The molecular formula is C20H29ClN2O3. The summed E-state index contributed by atoms with van der Waals surface area (Å²) >= 11 is 0. The summed E-state index contributed by atoms with van der Waals surface area (Å²) in [6, 6.07) is 7.56. The lowest BCUT2D eigenvalue weighted by Crippen LogP contribution is -2.44. The summed E-state index contributed by atoms with van der Waals surface area (Å²) in [5.74, 6) is 0.952. The number of carbonyl (C=O) groups is 1. The Morgan fingerprint density at radius 2 is 2.00 bits per heavy atom. The highest BCUT2D eigenvalue weighted by Gasteiger charge is 2.38. The fraction of sp³-hybridized carbons (Fsp3) is 0.650. The molecule has 4 rings (SSSR count). The number of hydrogen-bond donors (Lipinski definition) is 1. The van der Waals surface area contributed by atoms with Crippen molar-refractivity contribution in [2.75, 3.05) is 39.4 Å². The molecule has 0 bridgehead atoms. The highest BCUT2D eigenvalue weighted by atomic mass is 35.5. The van der Waals surface area contributed by atoms with Gasteiger partial charge in [-0.3, -0.25) is 4.79 Å². The van der Waals surface area contributed by atoms with Gasteiger partial charge in [0.05, 0.1) is 6.10 Å². The number of benzene rings is 1. The van der Waals surface area contributed by atoms with E-state index in [1.54, 1.807) is 0 Å². The molecule has 1 aromatic carbocycles. The van der Waals surface area contributed by atoms with Crippen molar-refractivity contribution < 1.29 is 14.3 Å². The molecular weight excluding hydrogens is 352 g/mol. The number of nitrogens with one attached hydrogen (secondary N) is 1. The summed E-state index contributed by atoms with van der Waals surface area (Å²) in [7, 11) is 0. The zero-order valence-corrected chi connectivity index (χ0v) is 16.1. The normalized spacial score (nSPS) is 24.5. The summed E-state index contributed by atoms with van der Waals surface area (Å²) in [6.45, 7) is 5.42. The van der Waals surface area contributed by atoms with Gasteiger partial charge in [-0.25, -0.2) is 0 Å². The third-order valence-corrected chi connectivity index (χ3v) is 6.00. The number of nitrogens with zero attached hydrogens (tertiary/aromatic N) is 1. The molecule has 3 saturated heterocycles. The van der Waals surface area contributed by atoms with Crippen molar-refractivity contribution in [3.8, 4) is 5.75 Å². The van der Waals surface area contributed by atoms with Crippen molar-refractivity contribution in [1.29, 1.82) is 0 Å². The zero-order valence-electron chi connectivity index (χ0n) is 15.2. The van der Waals surface area contributed by atoms with Gasteiger partial charge in [-0.15, -0.1) is 12.4 Å². The maximum atomic E-state index is 12.7. The number of hydrogen-bond acceptors (Lipinski definition) is 4. The lowest BCUT2D eigenvalue weighted by Gasteiger charge is -2.38. The number of likely N-dealkylation sites (tertiary alicyclic amines) is 1. The van der Waals surface area contributed by atoms with Gasteiger partial charge in [0, 0.05) is 31.8 Å². The number of rotatable bonds is 4. The Morgan fingerprint density at radius 3 is 2.62 bits per heavy atom. The number of halogens is 1. The number of carbonyl (C=O) groups excluding carboxylic acids is 1. The van der Waals surface area contributed by atoms with Crippen LogP contribution >= 0.6 is 12.4 Å². The predicted octanol–water partition coefficient (Wildman–Crippen LogP) is 2.88. The second-order valence-corrected chi connectivity index (χ2v) is 7.69. The molecule has 0 aliphatic carbocycles. The van der Waals surface area contributed by atoms with Gasteiger partial charge in [-0.1, -0.05) is 0 Å². The molecule has 0 radical (unpaired) electrons. The summed E-state index contributed by atoms with van der Waals surface area (Å²) in [6.07, 6.45) is 5.90. The molecule has 1 aromatic rings. The minimum Gasteiger partial charge on any atom is -0.491 e. The molecule has 1 spiro atoms. The van der Waals surface area contributed by atoms with E-state index in [1.807, 2.05) is 29.2 Å². The highest BCUT2D eigenvalue weighted by Crippen LogP contribution is 2.37. The van der Waals surface area contributed by atoms with E-state index in [1.165, 1.54) is 6.42 Å². The SMILES string of the molecule is Cl.O=C(c1ccc(OCC2CCCO2)cc1)N1CCC2(CCNC2)CC1. The molecule has 3 fully saturated rings. The van der Waals surface area contributed by atoms with Gasteiger partial charge in [-0.2, -0.15) is 0 Å². The Labute approximate surface area is 161 Å². The first-order valence-corrected chi connectivity index (χ1v) is 9.59. The number of ether oxygens (including phenoxy) is 2. The van der Waals surface area contributed by atoms with Crippen LogP contribution in [0.4, 0.5) is 0 Å². The molecule has 3 heterocycles. The van der Waals surface area contributed by atoms with Gasteiger partial charge in [0.2, 0.25) is 0 Å². The molecule has 1 N–H and O–H groups in total. The van der Waals surface area contributed by atoms with E-state index in [4.69, 9.17) is 9.47 Å². The van der Waals surface area contributed by atoms with E-state index >= 15 is 0 Å².